The van der Waals surface area contributed by atoms with Gasteiger partial charge in [0.2, 0.25) is 0 Å². The molecule has 1 unspecified atom stereocenters. The van der Waals surface area contributed by atoms with Gasteiger partial charge in [-0.15, -0.1) is 0 Å². The summed E-state index contributed by atoms with van der Waals surface area (Å²) in [4.78, 5) is 14.1. The molecule has 0 radical (unpaired) electrons. The predicted octanol–water partition coefficient (Wildman–Crippen LogP) is 3.05. The average molecular weight is 362 g/mol. The Hall–Kier alpha value is -2.41. The van der Waals surface area contributed by atoms with E-state index in [1.165, 1.54) is 11.0 Å². The van der Waals surface area contributed by atoms with Crippen molar-refractivity contribution in [2.24, 2.45) is 0 Å². The number of sulfone groups is 1. The maximum absolute atomic E-state index is 14.0. The second-order valence-corrected chi connectivity index (χ2v) is 8.30. The van der Waals surface area contributed by atoms with Crippen LogP contribution in [0, 0.1) is 5.82 Å². The van der Waals surface area contributed by atoms with Gasteiger partial charge in [0.1, 0.15) is 5.82 Å². The van der Waals surface area contributed by atoms with Crippen LogP contribution in [0.15, 0.2) is 54.6 Å². The summed E-state index contributed by atoms with van der Waals surface area (Å²) in [5.74, 6) is -0.464. The van der Waals surface area contributed by atoms with Gasteiger partial charge in [-0.1, -0.05) is 36.4 Å². The molecule has 1 aliphatic heterocycles. The third kappa shape index (κ3) is 4.36. The van der Waals surface area contributed by atoms with Crippen LogP contribution in [0.2, 0.25) is 0 Å². The fraction of sp³-hybridized carbons (Fsp3) is 0.278. The van der Waals surface area contributed by atoms with Crippen LogP contribution in [0.5, 0.6) is 0 Å². The summed E-state index contributed by atoms with van der Waals surface area (Å²) >= 11 is 0. The first-order valence-corrected chi connectivity index (χ1v) is 9.83. The Morgan fingerprint density at radius 1 is 1.12 bits per heavy atom. The normalized spacial score (nSPS) is 18.7. The van der Waals surface area contributed by atoms with Gasteiger partial charge in [0.15, 0.2) is 9.84 Å². The van der Waals surface area contributed by atoms with E-state index in [1.807, 2.05) is 6.07 Å². The molecule has 1 N–H and O–H groups in total. The number of hydrogen-bond donors (Lipinski definition) is 1. The molecule has 25 heavy (non-hydrogen) atoms. The second-order valence-electron chi connectivity index (χ2n) is 6.07. The number of nitrogens with zero attached hydrogens (tertiary/aromatic N) is 1. The van der Waals surface area contributed by atoms with Gasteiger partial charge in [-0.2, -0.15) is 0 Å². The average Bonchev–Trinajstić information content (AvgIpc) is 2.94. The molecule has 132 valence electrons. The Balaban J connectivity index is 1.83. The highest BCUT2D eigenvalue weighted by atomic mass is 32.2. The van der Waals surface area contributed by atoms with Gasteiger partial charge in [0.25, 0.3) is 0 Å². The summed E-state index contributed by atoms with van der Waals surface area (Å²) in [6.45, 7) is 0.0194. The largest absolute Gasteiger partial charge is 0.322 e. The maximum Gasteiger partial charge on any atom is 0.322 e. The Morgan fingerprint density at radius 3 is 2.44 bits per heavy atom. The quantitative estimate of drug-likeness (QED) is 0.909. The number of carbonyl (C=O) groups excluding carboxylic acids is 1. The van der Waals surface area contributed by atoms with Crippen molar-refractivity contribution in [1.29, 1.82) is 0 Å². The fourth-order valence-electron chi connectivity index (χ4n) is 2.91. The molecular formula is C18H19FN2O3S. The SMILES string of the molecule is O=C(Nc1ccccc1)N(Cc1ccccc1F)C1CCS(=O)(=O)C1. The Labute approximate surface area is 146 Å². The standard InChI is InChI=1S/C18H19FN2O3S/c19-17-9-5-4-6-14(17)12-21(16-10-11-25(23,24)13-16)18(22)20-15-7-2-1-3-8-15/h1-9,16H,10-13H2,(H,20,22). The number of amides is 2. The van der Waals surface area contributed by atoms with E-state index in [0.29, 0.717) is 17.7 Å². The van der Waals surface area contributed by atoms with Gasteiger partial charge >= 0.3 is 6.03 Å². The van der Waals surface area contributed by atoms with Crippen molar-refractivity contribution in [3.63, 3.8) is 0 Å². The monoisotopic (exact) mass is 362 g/mol. The minimum atomic E-state index is -3.16. The molecule has 0 saturated carbocycles. The molecule has 2 aromatic carbocycles. The highest BCUT2D eigenvalue weighted by Crippen LogP contribution is 2.22. The molecule has 0 aliphatic carbocycles. The zero-order chi connectivity index (χ0) is 17.9. The number of rotatable bonds is 4. The summed E-state index contributed by atoms with van der Waals surface area (Å²) in [5.41, 5.74) is 0.960. The second kappa shape index (κ2) is 7.23. The number of urea groups is 1. The molecule has 1 heterocycles. The number of para-hydroxylation sites is 1. The fourth-order valence-corrected chi connectivity index (χ4v) is 4.65. The smallest absolute Gasteiger partial charge is 0.316 e. The first kappa shape index (κ1) is 17.4. The van der Waals surface area contributed by atoms with Gasteiger partial charge in [-0.05, 0) is 24.6 Å². The van der Waals surface area contributed by atoms with Crippen LogP contribution in [0.25, 0.3) is 0 Å². The van der Waals surface area contributed by atoms with Gasteiger partial charge in [-0.25, -0.2) is 17.6 Å². The van der Waals surface area contributed by atoms with Gasteiger partial charge in [0.05, 0.1) is 18.1 Å². The highest BCUT2D eigenvalue weighted by Gasteiger charge is 2.35. The van der Waals surface area contributed by atoms with E-state index in [0.717, 1.165) is 0 Å². The lowest BCUT2D eigenvalue weighted by Crippen LogP contribution is -2.43. The van der Waals surface area contributed by atoms with Crippen molar-refractivity contribution >= 4 is 21.6 Å². The number of nitrogens with one attached hydrogen (secondary N) is 1. The maximum atomic E-state index is 14.0. The van der Waals surface area contributed by atoms with Gasteiger partial charge < -0.3 is 10.2 Å². The minimum absolute atomic E-state index is 0.0194. The molecule has 5 nitrogen and oxygen atoms in total. The molecule has 1 aliphatic rings. The minimum Gasteiger partial charge on any atom is -0.316 e. The van der Waals surface area contributed by atoms with Gasteiger partial charge in [-0.3, -0.25) is 0 Å². The highest BCUT2D eigenvalue weighted by molar-refractivity contribution is 7.91. The predicted molar refractivity (Wildman–Crippen MR) is 94.5 cm³/mol. The van der Waals surface area contributed by atoms with Crippen LogP contribution < -0.4 is 5.32 Å². The van der Waals surface area contributed by atoms with Crippen LogP contribution in [-0.2, 0) is 16.4 Å². The summed E-state index contributed by atoms with van der Waals surface area (Å²) in [7, 11) is -3.16. The van der Waals surface area contributed by atoms with Crippen LogP contribution >= 0.6 is 0 Å². The third-order valence-corrected chi connectivity index (χ3v) is 5.98. The van der Waals surface area contributed by atoms with E-state index in [1.54, 1.807) is 42.5 Å². The first-order valence-electron chi connectivity index (χ1n) is 8.01. The van der Waals surface area contributed by atoms with E-state index < -0.39 is 27.7 Å². The number of hydrogen-bond acceptors (Lipinski definition) is 3. The molecular weight excluding hydrogens is 343 g/mol. The Bertz CT molecular complexity index is 856. The van der Waals surface area contributed by atoms with Crippen molar-refractivity contribution in [3.8, 4) is 0 Å². The van der Waals surface area contributed by atoms with Crippen molar-refractivity contribution in [1.82, 2.24) is 4.90 Å². The number of anilines is 1. The van der Waals surface area contributed by atoms with Crippen LogP contribution in [0.1, 0.15) is 12.0 Å². The van der Waals surface area contributed by atoms with Crippen molar-refractivity contribution in [2.45, 2.75) is 19.0 Å². The summed E-state index contributed by atoms with van der Waals surface area (Å²) < 4.78 is 37.6. The number of halogens is 1. The molecule has 7 heteroatoms. The molecule has 0 aromatic heterocycles. The molecule has 0 spiro atoms. The summed E-state index contributed by atoms with van der Waals surface area (Å²) in [5, 5.41) is 2.76. The molecule has 1 saturated heterocycles. The molecule has 2 aromatic rings. The van der Waals surface area contributed by atoms with Crippen molar-refractivity contribution in [2.75, 3.05) is 16.8 Å². The van der Waals surface area contributed by atoms with Crippen LogP contribution in [0.4, 0.5) is 14.9 Å². The lowest BCUT2D eigenvalue weighted by Gasteiger charge is -2.28. The number of carbonyl (C=O) groups is 1. The Kier molecular flexibility index (Phi) is 5.03. The van der Waals surface area contributed by atoms with E-state index in [2.05, 4.69) is 5.32 Å². The lowest BCUT2D eigenvalue weighted by atomic mass is 10.1. The zero-order valence-electron chi connectivity index (χ0n) is 13.6. The molecule has 1 fully saturated rings. The van der Waals surface area contributed by atoms with Crippen LogP contribution in [-0.4, -0.2) is 36.9 Å². The van der Waals surface area contributed by atoms with Crippen molar-refractivity contribution < 1.29 is 17.6 Å². The topological polar surface area (TPSA) is 66.5 Å². The number of benzene rings is 2. The summed E-state index contributed by atoms with van der Waals surface area (Å²) in [6.07, 6.45) is 0.360. The third-order valence-electron chi connectivity index (χ3n) is 4.23. The molecule has 3 rings (SSSR count). The van der Waals surface area contributed by atoms with Crippen LogP contribution in [0.3, 0.4) is 0 Å². The van der Waals surface area contributed by atoms with Gasteiger partial charge in [0, 0.05) is 17.3 Å². The summed E-state index contributed by atoms with van der Waals surface area (Å²) in [6, 6.07) is 14.2. The van der Waals surface area contributed by atoms with E-state index >= 15 is 0 Å². The zero-order valence-corrected chi connectivity index (χ0v) is 14.4. The first-order chi connectivity index (χ1) is 11.9. The molecule has 0 bridgehead atoms. The Morgan fingerprint density at radius 2 is 1.80 bits per heavy atom. The van der Waals surface area contributed by atoms with Crippen molar-refractivity contribution in [3.05, 3.63) is 66.0 Å². The van der Waals surface area contributed by atoms with E-state index in [-0.39, 0.29) is 18.1 Å². The van der Waals surface area contributed by atoms with E-state index in [4.69, 9.17) is 0 Å². The van der Waals surface area contributed by atoms with E-state index in [9.17, 15) is 17.6 Å². The lowest BCUT2D eigenvalue weighted by molar-refractivity contribution is 0.189. The molecule has 1 atom stereocenters. The molecule has 2 amide bonds.